The normalized spacial score (nSPS) is 20.2. The zero-order valence-electron chi connectivity index (χ0n) is 8.84. The van der Waals surface area contributed by atoms with Crippen LogP contribution in [0.4, 0.5) is 0 Å². The minimum atomic E-state index is 0.102. The molecule has 1 aliphatic carbocycles. The van der Waals surface area contributed by atoms with E-state index in [1.807, 2.05) is 17.5 Å². The summed E-state index contributed by atoms with van der Waals surface area (Å²) >= 11 is 5.21. The molecule has 0 atom stereocenters. The van der Waals surface area contributed by atoms with Gasteiger partial charge in [-0.15, -0.1) is 11.3 Å². The van der Waals surface area contributed by atoms with Crippen molar-refractivity contribution in [3.8, 4) is 0 Å². The van der Waals surface area contributed by atoms with Crippen molar-refractivity contribution in [2.75, 3.05) is 0 Å². The van der Waals surface area contributed by atoms with Crippen molar-refractivity contribution in [2.45, 2.75) is 26.7 Å². The van der Waals surface area contributed by atoms with Crippen LogP contribution in [0, 0.1) is 5.41 Å². The van der Waals surface area contributed by atoms with Crippen molar-refractivity contribution in [1.82, 2.24) is 0 Å². The average Bonchev–Trinajstić information content (AvgIpc) is 2.47. The van der Waals surface area contributed by atoms with Crippen molar-refractivity contribution in [3.05, 3.63) is 26.9 Å². The van der Waals surface area contributed by atoms with E-state index >= 15 is 0 Å². The van der Waals surface area contributed by atoms with E-state index in [9.17, 15) is 4.79 Å². The van der Waals surface area contributed by atoms with Crippen LogP contribution in [0.2, 0.25) is 0 Å². The third-order valence-electron chi connectivity index (χ3n) is 2.57. The highest BCUT2D eigenvalue weighted by molar-refractivity contribution is 9.10. The van der Waals surface area contributed by atoms with E-state index in [-0.39, 0.29) is 11.2 Å². The van der Waals surface area contributed by atoms with E-state index in [0.717, 1.165) is 10.9 Å². The molecule has 1 nitrogen and oxygen atoms in total. The van der Waals surface area contributed by atoms with Gasteiger partial charge in [0.2, 0.25) is 0 Å². The number of hydrogen-bond donors (Lipinski definition) is 0. The van der Waals surface area contributed by atoms with Gasteiger partial charge in [0.05, 0.1) is 0 Å². The number of rotatable bonds is 1. The lowest BCUT2D eigenvalue weighted by Gasteiger charge is -2.28. The number of hydrogen-bond acceptors (Lipinski definition) is 2. The molecular weight excluding hydrogens is 272 g/mol. The number of allylic oxidation sites excluding steroid dienone is 2. The Balaban J connectivity index is 2.38. The highest BCUT2D eigenvalue weighted by Crippen LogP contribution is 2.41. The Morgan fingerprint density at radius 2 is 2.13 bits per heavy atom. The van der Waals surface area contributed by atoms with Crippen molar-refractivity contribution < 1.29 is 4.79 Å². The largest absolute Gasteiger partial charge is 0.295 e. The van der Waals surface area contributed by atoms with Gasteiger partial charge in [0.1, 0.15) is 0 Å². The molecule has 1 aliphatic rings. The molecule has 0 saturated carbocycles. The summed E-state index contributed by atoms with van der Waals surface area (Å²) in [6.45, 7) is 4.30. The first-order valence-electron chi connectivity index (χ1n) is 4.95. The van der Waals surface area contributed by atoms with Crippen molar-refractivity contribution in [3.63, 3.8) is 0 Å². The van der Waals surface area contributed by atoms with Crippen LogP contribution < -0.4 is 0 Å². The van der Waals surface area contributed by atoms with Gasteiger partial charge >= 0.3 is 0 Å². The molecule has 15 heavy (non-hydrogen) atoms. The summed E-state index contributed by atoms with van der Waals surface area (Å²) in [7, 11) is 0. The molecule has 0 fully saturated rings. The molecule has 0 radical (unpaired) electrons. The highest BCUT2D eigenvalue weighted by Gasteiger charge is 2.28. The summed E-state index contributed by atoms with van der Waals surface area (Å²) in [5.41, 5.74) is 1.28. The number of carbonyl (C=O) groups is 1. The number of halogens is 1. The molecule has 80 valence electrons. The molecule has 1 heterocycles. The molecule has 0 unspecified atom stereocenters. The molecule has 2 rings (SSSR count). The fourth-order valence-electron chi connectivity index (χ4n) is 2.01. The van der Waals surface area contributed by atoms with Crippen LogP contribution in [0.5, 0.6) is 0 Å². The predicted octanol–water partition coefficient (Wildman–Crippen LogP) is 4.28. The smallest absolute Gasteiger partial charge is 0.156 e. The van der Waals surface area contributed by atoms with E-state index in [4.69, 9.17) is 0 Å². The summed E-state index contributed by atoms with van der Waals surface area (Å²) in [5.74, 6) is 0.251. The molecule has 1 aromatic rings. The predicted molar refractivity (Wildman–Crippen MR) is 68.0 cm³/mol. The van der Waals surface area contributed by atoms with Gasteiger partial charge in [-0.3, -0.25) is 4.79 Å². The Bertz CT molecular complexity index is 429. The molecule has 1 aromatic heterocycles. The molecule has 0 bridgehead atoms. The Hall–Kier alpha value is -0.410. The Morgan fingerprint density at radius 1 is 1.40 bits per heavy atom. The lowest BCUT2D eigenvalue weighted by Crippen LogP contribution is -2.21. The van der Waals surface area contributed by atoms with Crippen molar-refractivity contribution >= 4 is 38.6 Å². The SMILES string of the molecule is CC1(C)CC(=O)C=C(c2sccc2Br)C1. The fraction of sp³-hybridized carbons (Fsp3) is 0.417. The van der Waals surface area contributed by atoms with E-state index in [0.29, 0.717) is 6.42 Å². The second-order valence-electron chi connectivity index (χ2n) is 4.75. The van der Waals surface area contributed by atoms with Gasteiger partial charge in [-0.2, -0.15) is 0 Å². The van der Waals surface area contributed by atoms with E-state index in [1.54, 1.807) is 11.3 Å². The lowest BCUT2D eigenvalue weighted by atomic mass is 9.76. The van der Waals surface area contributed by atoms with Gasteiger partial charge in [0, 0.05) is 15.8 Å². The fourth-order valence-corrected chi connectivity index (χ4v) is 3.66. The van der Waals surface area contributed by atoms with Gasteiger partial charge in [0.25, 0.3) is 0 Å². The molecule has 0 N–H and O–H groups in total. The molecular formula is C12H13BrOS. The van der Waals surface area contributed by atoms with Crippen molar-refractivity contribution in [1.29, 1.82) is 0 Å². The second-order valence-corrected chi connectivity index (χ2v) is 6.52. The first kappa shape index (κ1) is 11.1. The second kappa shape index (κ2) is 3.87. The van der Waals surface area contributed by atoms with E-state index in [1.165, 1.54) is 10.5 Å². The topological polar surface area (TPSA) is 17.1 Å². The molecule has 0 aliphatic heterocycles. The van der Waals surface area contributed by atoms with Gasteiger partial charge in [0.15, 0.2) is 5.78 Å². The Morgan fingerprint density at radius 3 is 2.67 bits per heavy atom. The maximum atomic E-state index is 11.6. The van der Waals surface area contributed by atoms with Crippen LogP contribution in [0.25, 0.3) is 5.57 Å². The van der Waals surface area contributed by atoms with Crippen LogP contribution in [0.15, 0.2) is 22.0 Å². The van der Waals surface area contributed by atoms with Gasteiger partial charge < -0.3 is 0 Å². The maximum absolute atomic E-state index is 11.6. The molecule has 3 heteroatoms. The minimum absolute atomic E-state index is 0.102. The Labute approximate surface area is 102 Å². The zero-order chi connectivity index (χ0) is 11.1. The molecule has 0 spiro atoms. The lowest BCUT2D eigenvalue weighted by molar-refractivity contribution is -0.116. The summed E-state index contributed by atoms with van der Waals surface area (Å²) in [4.78, 5) is 12.8. The van der Waals surface area contributed by atoms with Crippen molar-refractivity contribution in [2.24, 2.45) is 5.41 Å². The highest BCUT2D eigenvalue weighted by atomic mass is 79.9. The first-order chi connectivity index (χ1) is 6.98. The summed E-state index contributed by atoms with van der Waals surface area (Å²) < 4.78 is 1.10. The Kier molecular flexibility index (Phi) is 2.86. The number of ketones is 1. The van der Waals surface area contributed by atoms with Gasteiger partial charge in [-0.1, -0.05) is 13.8 Å². The summed E-state index contributed by atoms with van der Waals surface area (Å²) in [6, 6.07) is 2.03. The first-order valence-corrected chi connectivity index (χ1v) is 6.62. The van der Waals surface area contributed by atoms with Crippen LogP contribution in [-0.4, -0.2) is 5.78 Å². The van der Waals surface area contributed by atoms with Crippen LogP contribution in [0.3, 0.4) is 0 Å². The number of carbonyl (C=O) groups excluding carboxylic acids is 1. The van der Waals surface area contributed by atoms with Crippen LogP contribution >= 0.6 is 27.3 Å². The third-order valence-corrected chi connectivity index (χ3v) is 4.48. The minimum Gasteiger partial charge on any atom is -0.295 e. The summed E-state index contributed by atoms with van der Waals surface area (Å²) in [5, 5.41) is 2.05. The van der Waals surface area contributed by atoms with Gasteiger partial charge in [-0.25, -0.2) is 0 Å². The molecule has 0 saturated heterocycles. The van der Waals surface area contributed by atoms with Gasteiger partial charge in [-0.05, 0) is 50.9 Å². The molecule has 0 amide bonds. The van der Waals surface area contributed by atoms with E-state index in [2.05, 4.69) is 29.8 Å². The summed E-state index contributed by atoms with van der Waals surface area (Å²) in [6.07, 6.45) is 3.46. The molecule has 0 aromatic carbocycles. The maximum Gasteiger partial charge on any atom is 0.156 e. The number of thiophene rings is 1. The third kappa shape index (κ3) is 2.40. The monoisotopic (exact) mass is 284 g/mol. The zero-order valence-corrected chi connectivity index (χ0v) is 11.2. The average molecular weight is 285 g/mol. The van der Waals surface area contributed by atoms with E-state index < -0.39 is 0 Å². The standard InChI is InChI=1S/C12H13BrOS/c1-12(2)6-8(5-9(14)7-12)11-10(13)3-4-15-11/h3-5H,6-7H2,1-2H3. The van der Waals surface area contributed by atoms with Crippen LogP contribution in [-0.2, 0) is 4.79 Å². The quantitative estimate of drug-likeness (QED) is 0.752. The van der Waals surface area contributed by atoms with Crippen LogP contribution in [0.1, 0.15) is 31.6 Å².